The van der Waals surface area contributed by atoms with Crippen LogP contribution in [0.3, 0.4) is 0 Å². The smallest absolute Gasteiger partial charge is 0.383 e. The van der Waals surface area contributed by atoms with Crippen LogP contribution in [0.2, 0.25) is 0 Å². The largest absolute Gasteiger partial charge is 0.419 e. The van der Waals surface area contributed by atoms with Gasteiger partial charge < -0.3 is 11.1 Å². The fourth-order valence-electron chi connectivity index (χ4n) is 4.09. The lowest BCUT2D eigenvalue weighted by molar-refractivity contribution is -0.138. The SMILES string of the molecule is CC1(c2ncc(C(F)(F)F)cn2)C(=O)Nc2nc(-c3cn4ncnc4c(CCCC(F)(F)F)n3)nc(N)c21. The Bertz CT molecular complexity index is 1550. The maximum atomic E-state index is 13.0. The molecule has 1 atom stereocenters. The molecule has 17 heteroatoms. The van der Waals surface area contributed by atoms with E-state index in [1.807, 2.05) is 0 Å². The number of hydrogen-bond acceptors (Lipinski definition) is 9. The molecule has 1 aliphatic heterocycles. The number of nitrogens with two attached hydrogens (primary N) is 1. The van der Waals surface area contributed by atoms with Crippen molar-refractivity contribution in [3.05, 3.63) is 47.6 Å². The highest BCUT2D eigenvalue weighted by Gasteiger charge is 2.50. The van der Waals surface area contributed by atoms with E-state index in [4.69, 9.17) is 5.73 Å². The zero-order valence-corrected chi connectivity index (χ0v) is 19.3. The highest BCUT2D eigenvalue weighted by atomic mass is 19.4. The van der Waals surface area contributed by atoms with E-state index in [1.54, 1.807) is 0 Å². The summed E-state index contributed by atoms with van der Waals surface area (Å²) in [7, 11) is 0. The minimum Gasteiger partial charge on any atom is -0.383 e. The van der Waals surface area contributed by atoms with E-state index in [2.05, 4.69) is 40.3 Å². The van der Waals surface area contributed by atoms with Crippen molar-refractivity contribution in [3.63, 3.8) is 0 Å². The van der Waals surface area contributed by atoms with Crippen molar-refractivity contribution >= 4 is 23.2 Å². The number of aromatic nitrogens is 8. The van der Waals surface area contributed by atoms with Gasteiger partial charge in [0.05, 0.1) is 23.0 Å². The molecule has 3 N–H and O–H groups in total. The van der Waals surface area contributed by atoms with E-state index in [0.29, 0.717) is 12.4 Å². The van der Waals surface area contributed by atoms with Crippen LogP contribution in [0.15, 0.2) is 24.9 Å². The molecule has 0 spiro atoms. The summed E-state index contributed by atoms with van der Waals surface area (Å²) in [6.07, 6.45) is -6.60. The van der Waals surface area contributed by atoms with Gasteiger partial charge in [-0.2, -0.15) is 31.4 Å². The third-order valence-electron chi connectivity index (χ3n) is 5.98. The number of nitrogens with one attached hydrogen (secondary N) is 1. The highest BCUT2D eigenvalue weighted by molar-refractivity contribution is 6.08. The Kier molecular flexibility index (Phi) is 5.68. The molecule has 1 aliphatic rings. The van der Waals surface area contributed by atoms with Gasteiger partial charge in [0.15, 0.2) is 11.5 Å². The molecule has 4 aromatic rings. The van der Waals surface area contributed by atoms with Gasteiger partial charge in [0.1, 0.15) is 34.9 Å². The zero-order valence-electron chi connectivity index (χ0n) is 19.3. The lowest BCUT2D eigenvalue weighted by atomic mass is 9.83. The second kappa shape index (κ2) is 8.56. The number of alkyl halides is 6. The second-order valence-corrected chi connectivity index (χ2v) is 8.60. The first-order valence-corrected chi connectivity index (χ1v) is 10.9. The van der Waals surface area contributed by atoms with Gasteiger partial charge in [-0.15, -0.1) is 0 Å². The predicted octanol–water partition coefficient (Wildman–Crippen LogP) is 3.12. The van der Waals surface area contributed by atoms with Crippen molar-refractivity contribution in [1.29, 1.82) is 0 Å². The summed E-state index contributed by atoms with van der Waals surface area (Å²) in [4.78, 5) is 37.4. The summed E-state index contributed by atoms with van der Waals surface area (Å²) in [5.74, 6) is -1.26. The Morgan fingerprint density at radius 3 is 2.42 bits per heavy atom. The van der Waals surface area contributed by atoms with Crippen LogP contribution in [0, 0.1) is 0 Å². The van der Waals surface area contributed by atoms with E-state index in [0.717, 1.165) is 0 Å². The van der Waals surface area contributed by atoms with E-state index in [9.17, 15) is 31.1 Å². The molecule has 0 saturated heterocycles. The number of nitrogens with zero attached hydrogens (tertiary/aromatic N) is 8. The molecular weight excluding hydrogens is 522 g/mol. The second-order valence-electron chi connectivity index (χ2n) is 8.60. The number of carbonyl (C=O) groups is 1. The van der Waals surface area contributed by atoms with Crippen molar-refractivity contribution in [2.75, 3.05) is 11.1 Å². The molecule has 38 heavy (non-hydrogen) atoms. The number of amides is 1. The molecule has 0 radical (unpaired) electrons. The van der Waals surface area contributed by atoms with Gasteiger partial charge in [0.25, 0.3) is 0 Å². The van der Waals surface area contributed by atoms with Crippen LogP contribution in [0.5, 0.6) is 0 Å². The van der Waals surface area contributed by atoms with Gasteiger partial charge in [-0.3, -0.25) is 4.79 Å². The third kappa shape index (κ3) is 4.32. The molecule has 0 saturated carbocycles. The molecule has 11 nitrogen and oxygen atoms in total. The first kappa shape index (κ1) is 25.2. The van der Waals surface area contributed by atoms with Crippen LogP contribution in [0.25, 0.3) is 17.2 Å². The molecule has 4 aromatic heterocycles. The number of halogens is 6. The number of anilines is 2. The molecule has 1 amide bonds. The molecular formula is C21H16F6N10O. The van der Waals surface area contributed by atoms with Crippen LogP contribution in [-0.4, -0.2) is 51.6 Å². The van der Waals surface area contributed by atoms with Gasteiger partial charge in [-0.25, -0.2) is 34.4 Å². The summed E-state index contributed by atoms with van der Waals surface area (Å²) < 4.78 is 78.0. The van der Waals surface area contributed by atoms with Crippen LogP contribution >= 0.6 is 0 Å². The quantitative estimate of drug-likeness (QED) is 0.366. The summed E-state index contributed by atoms with van der Waals surface area (Å²) >= 11 is 0. The number of hydrogen-bond donors (Lipinski definition) is 2. The predicted molar refractivity (Wildman–Crippen MR) is 117 cm³/mol. The van der Waals surface area contributed by atoms with Crippen molar-refractivity contribution in [3.8, 4) is 11.5 Å². The van der Waals surface area contributed by atoms with E-state index in [-0.39, 0.29) is 58.7 Å². The average Bonchev–Trinajstić information content (AvgIpc) is 3.40. The number of aryl methyl sites for hydroxylation is 1. The van der Waals surface area contributed by atoms with Crippen molar-refractivity contribution < 1.29 is 31.1 Å². The first-order chi connectivity index (χ1) is 17.8. The first-order valence-electron chi connectivity index (χ1n) is 10.9. The van der Waals surface area contributed by atoms with Crippen molar-refractivity contribution in [2.45, 2.75) is 44.0 Å². The molecule has 0 bridgehead atoms. The highest BCUT2D eigenvalue weighted by Crippen LogP contribution is 2.44. The van der Waals surface area contributed by atoms with Gasteiger partial charge >= 0.3 is 12.4 Å². The molecule has 5 rings (SSSR count). The Morgan fingerprint density at radius 2 is 1.76 bits per heavy atom. The van der Waals surface area contributed by atoms with Crippen molar-refractivity contribution in [2.24, 2.45) is 0 Å². The van der Waals surface area contributed by atoms with E-state index in [1.165, 1.54) is 24.0 Å². The van der Waals surface area contributed by atoms with Crippen LogP contribution in [0.4, 0.5) is 38.0 Å². The molecule has 0 fully saturated rings. The fraction of sp³-hybridized carbons (Fsp3) is 0.333. The third-order valence-corrected chi connectivity index (χ3v) is 5.98. The minimum atomic E-state index is -4.67. The van der Waals surface area contributed by atoms with E-state index >= 15 is 0 Å². The normalized spacial score (nSPS) is 17.6. The van der Waals surface area contributed by atoms with Crippen molar-refractivity contribution in [1.82, 2.24) is 39.5 Å². The molecule has 0 aromatic carbocycles. The van der Waals surface area contributed by atoms with Crippen LogP contribution in [-0.2, 0) is 22.8 Å². The zero-order chi connectivity index (χ0) is 27.5. The maximum Gasteiger partial charge on any atom is 0.419 e. The monoisotopic (exact) mass is 538 g/mol. The number of fused-ring (bicyclic) bond motifs is 2. The van der Waals surface area contributed by atoms with Gasteiger partial charge in [-0.05, 0) is 19.8 Å². The molecule has 5 heterocycles. The summed E-state index contributed by atoms with van der Waals surface area (Å²) in [5.41, 5.74) is 4.00. The van der Waals surface area contributed by atoms with Crippen LogP contribution < -0.4 is 11.1 Å². The van der Waals surface area contributed by atoms with Gasteiger partial charge in [-0.1, -0.05) is 0 Å². The lowest BCUT2D eigenvalue weighted by Gasteiger charge is -2.21. The average molecular weight is 538 g/mol. The number of nitrogen functional groups attached to an aromatic ring is 1. The summed E-state index contributed by atoms with van der Waals surface area (Å²) in [5, 5.41) is 6.53. The Morgan fingerprint density at radius 1 is 1.05 bits per heavy atom. The standard InChI is InChI=1S/C21H16F6N10O/c1-19(17-29-5-9(6-30-17)21(25,26)27)12-13(28)34-14(35-15(12)36-18(19)38)11-7-37-16(31-8-32-37)10(33-11)3-2-4-20(22,23)24/h5-8H,2-4H2,1H3,(H3,28,34,35,36,38). The molecule has 198 valence electrons. The van der Waals surface area contributed by atoms with Gasteiger partial charge in [0, 0.05) is 18.8 Å². The number of carbonyl (C=O) groups excluding carboxylic acids is 1. The Hall–Kier alpha value is -4.44. The summed E-state index contributed by atoms with van der Waals surface area (Å²) in [6.45, 7) is 1.37. The van der Waals surface area contributed by atoms with E-state index < -0.39 is 35.7 Å². The molecule has 1 unspecified atom stereocenters. The maximum absolute atomic E-state index is 13.0. The topological polar surface area (TPSA) is 150 Å². The lowest BCUT2D eigenvalue weighted by Crippen LogP contribution is -2.35. The van der Waals surface area contributed by atoms with Gasteiger partial charge in [0.2, 0.25) is 5.91 Å². The Balaban J connectivity index is 1.54. The number of rotatable bonds is 5. The Labute approximate surface area is 208 Å². The fourth-order valence-corrected chi connectivity index (χ4v) is 4.09. The summed E-state index contributed by atoms with van der Waals surface area (Å²) in [6, 6.07) is 0. The van der Waals surface area contributed by atoms with Crippen LogP contribution in [0.1, 0.15) is 42.4 Å². The molecule has 0 aliphatic carbocycles. The minimum absolute atomic E-state index is 0.0393.